The minimum Gasteiger partial charge on any atom is -0.324 e. The summed E-state index contributed by atoms with van der Waals surface area (Å²) in [6.45, 7) is 2.04. The molecule has 0 fully saturated rings. The molecule has 94 valence electrons. The maximum Gasteiger partial charge on any atom is 0.227 e. The normalized spacial score (nSPS) is 10.6. The van der Waals surface area contributed by atoms with Gasteiger partial charge in [-0.2, -0.15) is 0 Å². The van der Waals surface area contributed by atoms with E-state index in [1.807, 2.05) is 55.6 Å². The van der Waals surface area contributed by atoms with Crippen molar-refractivity contribution < 1.29 is 0 Å². The van der Waals surface area contributed by atoms with Crippen molar-refractivity contribution in [2.45, 2.75) is 6.92 Å². The molecule has 0 spiro atoms. The fraction of sp³-hybridized carbons (Fsp3) is 0.0667. The van der Waals surface area contributed by atoms with E-state index in [-0.39, 0.29) is 0 Å². The Morgan fingerprint density at radius 2 is 1.95 bits per heavy atom. The van der Waals surface area contributed by atoms with Crippen molar-refractivity contribution in [3.05, 3.63) is 59.2 Å². The lowest BCUT2D eigenvalue weighted by Crippen LogP contribution is -1.97. The Hall–Kier alpha value is -2.13. The van der Waals surface area contributed by atoms with Crippen LogP contribution in [0.15, 0.2) is 48.7 Å². The molecule has 1 aromatic heterocycles. The van der Waals surface area contributed by atoms with Crippen molar-refractivity contribution >= 4 is 34.1 Å². The molecule has 0 amide bonds. The van der Waals surface area contributed by atoms with E-state index in [1.165, 1.54) is 0 Å². The number of nitrogens with zero attached hydrogens (tertiary/aromatic N) is 2. The molecule has 19 heavy (non-hydrogen) atoms. The number of aromatic nitrogens is 2. The molecule has 0 atom stereocenters. The molecule has 2 aromatic carbocycles. The first kappa shape index (κ1) is 11.9. The zero-order chi connectivity index (χ0) is 13.2. The molecule has 3 aromatic rings. The molecule has 0 radical (unpaired) electrons. The third kappa shape index (κ3) is 2.51. The van der Waals surface area contributed by atoms with E-state index in [0.717, 1.165) is 22.2 Å². The predicted octanol–water partition coefficient (Wildman–Crippen LogP) is 4.34. The van der Waals surface area contributed by atoms with Gasteiger partial charge in [0.25, 0.3) is 0 Å². The number of nitrogens with one attached hydrogen (secondary N) is 1. The van der Waals surface area contributed by atoms with E-state index >= 15 is 0 Å². The Bertz CT molecular complexity index is 740. The lowest BCUT2D eigenvalue weighted by Gasteiger charge is -2.07. The van der Waals surface area contributed by atoms with E-state index in [0.29, 0.717) is 11.0 Å². The van der Waals surface area contributed by atoms with Gasteiger partial charge in [0, 0.05) is 22.3 Å². The number of para-hydroxylation sites is 1. The molecule has 3 rings (SSSR count). The van der Waals surface area contributed by atoms with Crippen molar-refractivity contribution in [1.82, 2.24) is 9.97 Å². The Morgan fingerprint density at radius 1 is 1.11 bits per heavy atom. The molecule has 1 N–H and O–H groups in total. The smallest absolute Gasteiger partial charge is 0.227 e. The topological polar surface area (TPSA) is 37.8 Å². The zero-order valence-corrected chi connectivity index (χ0v) is 11.1. The van der Waals surface area contributed by atoms with Crippen LogP contribution in [0.3, 0.4) is 0 Å². The third-order valence-corrected chi connectivity index (χ3v) is 3.13. The van der Waals surface area contributed by atoms with Crippen LogP contribution in [-0.4, -0.2) is 9.97 Å². The summed E-state index contributed by atoms with van der Waals surface area (Å²) in [4.78, 5) is 8.84. The van der Waals surface area contributed by atoms with Crippen molar-refractivity contribution in [3.63, 3.8) is 0 Å². The molecule has 0 saturated heterocycles. The monoisotopic (exact) mass is 269 g/mol. The molecule has 0 aliphatic carbocycles. The number of halogens is 1. The molecule has 0 saturated carbocycles. The second-order valence-corrected chi connectivity index (χ2v) is 4.78. The maximum absolute atomic E-state index is 5.95. The molecule has 1 heterocycles. The lowest BCUT2D eigenvalue weighted by atomic mass is 10.1. The summed E-state index contributed by atoms with van der Waals surface area (Å²) < 4.78 is 0. The fourth-order valence-corrected chi connectivity index (χ4v) is 2.15. The summed E-state index contributed by atoms with van der Waals surface area (Å²) in [5.41, 5.74) is 2.97. The first-order chi connectivity index (χ1) is 9.22. The molecular weight excluding hydrogens is 258 g/mol. The predicted molar refractivity (Wildman–Crippen MR) is 79.0 cm³/mol. The number of hydrogen-bond acceptors (Lipinski definition) is 3. The average Bonchev–Trinajstić information content (AvgIpc) is 2.40. The number of rotatable bonds is 2. The van der Waals surface area contributed by atoms with Crippen LogP contribution in [-0.2, 0) is 0 Å². The Labute approximate surface area is 116 Å². The standard InChI is InChI=1S/C15H12ClN3/c1-10-4-2-5-11-9-17-15(19-14(10)11)18-13-7-3-6-12(16)8-13/h2-9H,1H3,(H,17,18,19). The highest BCUT2D eigenvalue weighted by atomic mass is 35.5. The van der Waals surface area contributed by atoms with Crippen molar-refractivity contribution in [1.29, 1.82) is 0 Å². The highest BCUT2D eigenvalue weighted by Gasteiger charge is 2.03. The SMILES string of the molecule is Cc1cccc2cnc(Nc3cccc(Cl)c3)nc12. The van der Waals surface area contributed by atoms with Gasteiger partial charge in [0.1, 0.15) is 0 Å². The van der Waals surface area contributed by atoms with Crippen LogP contribution in [0.2, 0.25) is 5.02 Å². The van der Waals surface area contributed by atoms with Crippen molar-refractivity contribution in [2.75, 3.05) is 5.32 Å². The van der Waals surface area contributed by atoms with E-state index in [4.69, 9.17) is 11.6 Å². The summed E-state index contributed by atoms with van der Waals surface area (Å²) in [6.07, 6.45) is 1.82. The molecule has 4 heteroatoms. The number of aryl methyl sites for hydroxylation is 1. The van der Waals surface area contributed by atoms with E-state index in [2.05, 4.69) is 15.3 Å². The van der Waals surface area contributed by atoms with Gasteiger partial charge in [0.05, 0.1) is 5.52 Å². The first-order valence-corrected chi connectivity index (χ1v) is 6.35. The van der Waals surface area contributed by atoms with Gasteiger partial charge < -0.3 is 5.32 Å². The van der Waals surface area contributed by atoms with Gasteiger partial charge in [-0.05, 0) is 30.7 Å². The van der Waals surface area contributed by atoms with Crippen LogP contribution in [0.1, 0.15) is 5.56 Å². The molecule has 3 nitrogen and oxygen atoms in total. The van der Waals surface area contributed by atoms with Crippen LogP contribution < -0.4 is 5.32 Å². The molecule has 0 aliphatic heterocycles. The van der Waals surface area contributed by atoms with Crippen molar-refractivity contribution in [3.8, 4) is 0 Å². The first-order valence-electron chi connectivity index (χ1n) is 5.97. The van der Waals surface area contributed by atoms with E-state index in [1.54, 1.807) is 0 Å². The Balaban J connectivity index is 2.00. The van der Waals surface area contributed by atoms with Gasteiger partial charge in [-0.15, -0.1) is 0 Å². The fourth-order valence-electron chi connectivity index (χ4n) is 1.96. The number of fused-ring (bicyclic) bond motifs is 1. The van der Waals surface area contributed by atoms with Gasteiger partial charge >= 0.3 is 0 Å². The second-order valence-electron chi connectivity index (χ2n) is 4.34. The summed E-state index contributed by atoms with van der Waals surface area (Å²) in [5, 5.41) is 4.88. The molecule has 0 bridgehead atoms. The van der Waals surface area contributed by atoms with Crippen molar-refractivity contribution in [2.24, 2.45) is 0 Å². The number of hydrogen-bond donors (Lipinski definition) is 1. The van der Waals surface area contributed by atoms with Crippen LogP contribution >= 0.6 is 11.6 Å². The average molecular weight is 270 g/mol. The van der Waals surface area contributed by atoms with Crippen LogP contribution in [0.4, 0.5) is 11.6 Å². The zero-order valence-electron chi connectivity index (χ0n) is 10.4. The molecule has 0 unspecified atom stereocenters. The summed E-state index contributed by atoms with van der Waals surface area (Å²) in [6, 6.07) is 13.5. The van der Waals surface area contributed by atoms with Gasteiger partial charge in [0.15, 0.2) is 0 Å². The minimum absolute atomic E-state index is 0.573. The van der Waals surface area contributed by atoms with Gasteiger partial charge in [0.2, 0.25) is 5.95 Å². The summed E-state index contributed by atoms with van der Waals surface area (Å²) in [7, 11) is 0. The Morgan fingerprint density at radius 3 is 2.79 bits per heavy atom. The van der Waals surface area contributed by atoms with Crippen LogP contribution in [0, 0.1) is 6.92 Å². The van der Waals surface area contributed by atoms with Crippen LogP contribution in [0.25, 0.3) is 10.9 Å². The highest BCUT2D eigenvalue weighted by molar-refractivity contribution is 6.30. The summed E-state index contributed by atoms with van der Waals surface area (Å²) in [5.74, 6) is 0.573. The van der Waals surface area contributed by atoms with Crippen LogP contribution in [0.5, 0.6) is 0 Å². The van der Waals surface area contributed by atoms with E-state index < -0.39 is 0 Å². The largest absolute Gasteiger partial charge is 0.324 e. The van der Waals surface area contributed by atoms with Gasteiger partial charge in [-0.1, -0.05) is 35.9 Å². The van der Waals surface area contributed by atoms with Gasteiger partial charge in [-0.3, -0.25) is 0 Å². The lowest BCUT2D eigenvalue weighted by molar-refractivity contribution is 1.20. The second kappa shape index (κ2) is 4.86. The molecule has 0 aliphatic rings. The van der Waals surface area contributed by atoms with E-state index in [9.17, 15) is 0 Å². The van der Waals surface area contributed by atoms with Gasteiger partial charge in [-0.25, -0.2) is 9.97 Å². The molecular formula is C15H12ClN3. The summed E-state index contributed by atoms with van der Waals surface area (Å²) >= 11 is 5.95. The number of benzene rings is 2. The maximum atomic E-state index is 5.95. The highest BCUT2D eigenvalue weighted by Crippen LogP contribution is 2.20. The minimum atomic E-state index is 0.573. The third-order valence-electron chi connectivity index (χ3n) is 2.89. The Kier molecular flexibility index (Phi) is 3.05. The number of anilines is 2. The quantitative estimate of drug-likeness (QED) is 0.752.